The zero-order valence-electron chi connectivity index (χ0n) is 11.5. The largest absolute Gasteiger partial charge is 0.444 e. The lowest BCUT2D eigenvalue weighted by Crippen LogP contribution is -2.38. The molecular formula is C14H22N2O2. The number of alkyl carbamates (subject to hydrolysis) is 1. The Hall–Kier alpha value is -1.71. The second-order valence-electron chi connectivity index (χ2n) is 5.35. The molecule has 0 radical (unpaired) electrons. The smallest absolute Gasteiger partial charge is 0.408 e. The SMILES string of the molecule is C[C@H](NC(=O)OC(C)(C)C)C1=CCC=C(N)C=C1. The van der Waals surface area contributed by atoms with Gasteiger partial charge in [0.05, 0.1) is 6.04 Å². The molecule has 0 saturated carbocycles. The van der Waals surface area contributed by atoms with Crippen LogP contribution in [0.2, 0.25) is 0 Å². The fourth-order valence-electron chi connectivity index (χ4n) is 1.55. The second-order valence-corrected chi connectivity index (χ2v) is 5.35. The molecule has 100 valence electrons. The molecule has 18 heavy (non-hydrogen) atoms. The summed E-state index contributed by atoms with van der Waals surface area (Å²) in [4.78, 5) is 11.6. The molecule has 0 saturated heterocycles. The third-order valence-electron chi connectivity index (χ3n) is 2.41. The molecule has 1 amide bonds. The molecule has 0 unspecified atom stereocenters. The van der Waals surface area contributed by atoms with Gasteiger partial charge in [0.1, 0.15) is 5.60 Å². The van der Waals surface area contributed by atoms with Gasteiger partial charge in [-0.15, -0.1) is 0 Å². The predicted octanol–water partition coefficient (Wildman–Crippen LogP) is 2.63. The Morgan fingerprint density at radius 2 is 2.06 bits per heavy atom. The van der Waals surface area contributed by atoms with Crippen molar-refractivity contribution in [2.45, 2.75) is 45.8 Å². The highest BCUT2D eigenvalue weighted by Gasteiger charge is 2.18. The Morgan fingerprint density at radius 1 is 1.39 bits per heavy atom. The number of hydrogen-bond acceptors (Lipinski definition) is 3. The summed E-state index contributed by atoms with van der Waals surface area (Å²) in [6.45, 7) is 7.44. The first-order valence-electron chi connectivity index (χ1n) is 6.11. The number of nitrogens with one attached hydrogen (secondary N) is 1. The highest BCUT2D eigenvalue weighted by molar-refractivity contribution is 5.68. The highest BCUT2D eigenvalue weighted by Crippen LogP contribution is 2.13. The van der Waals surface area contributed by atoms with Gasteiger partial charge in [-0.2, -0.15) is 0 Å². The van der Waals surface area contributed by atoms with Gasteiger partial charge in [-0.25, -0.2) is 4.79 Å². The van der Waals surface area contributed by atoms with Crippen LogP contribution in [0.4, 0.5) is 4.79 Å². The number of allylic oxidation sites excluding steroid dienone is 3. The lowest BCUT2D eigenvalue weighted by Gasteiger charge is -2.22. The fourth-order valence-corrected chi connectivity index (χ4v) is 1.55. The lowest BCUT2D eigenvalue weighted by molar-refractivity contribution is 0.0516. The predicted molar refractivity (Wildman–Crippen MR) is 72.9 cm³/mol. The van der Waals surface area contributed by atoms with Gasteiger partial charge in [-0.3, -0.25) is 0 Å². The molecule has 3 N–H and O–H groups in total. The zero-order valence-corrected chi connectivity index (χ0v) is 11.5. The maximum Gasteiger partial charge on any atom is 0.408 e. The van der Waals surface area contributed by atoms with Crippen LogP contribution in [-0.4, -0.2) is 17.7 Å². The van der Waals surface area contributed by atoms with Crippen molar-refractivity contribution in [1.82, 2.24) is 5.32 Å². The molecule has 4 heteroatoms. The summed E-state index contributed by atoms with van der Waals surface area (Å²) in [5.74, 6) is 0. The minimum atomic E-state index is -0.483. The summed E-state index contributed by atoms with van der Waals surface area (Å²) < 4.78 is 5.21. The van der Waals surface area contributed by atoms with Crippen LogP contribution in [0, 0.1) is 0 Å². The van der Waals surface area contributed by atoms with E-state index in [4.69, 9.17) is 10.5 Å². The molecule has 1 rings (SSSR count). The standard InChI is InChI=1S/C14H22N2O2/c1-10(16-13(17)18-14(2,3)4)11-6-5-7-12(15)9-8-11/h6-10H,5,15H2,1-4H3,(H,16,17)/t10-/m0/s1. The van der Waals surface area contributed by atoms with Crippen molar-refractivity contribution in [3.8, 4) is 0 Å². The van der Waals surface area contributed by atoms with E-state index in [9.17, 15) is 4.79 Å². The number of rotatable bonds is 2. The van der Waals surface area contributed by atoms with Crippen molar-refractivity contribution in [3.63, 3.8) is 0 Å². The molecule has 0 fully saturated rings. The van der Waals surface area contributed by atoms with E-state index < -0.39 is 11.7 Å². The number of hydrogen-bond donors (Lipinski definition) is 2. The number of carbonyl (C=O) groups excluding carboxylic acids is 1. The quantitative estimate of drug-likeness (QED) is 0.791. The third-order valence-corrected chi connectivity index (χ3v) is 2.41. The van der Waals surface area contributed by atoms with Crippen molar-refractivity contribution >= 4 is 6.09 Å². The monoisotopic (exact) mass is 250 g/mol. The van der Waals surface area contributed by atoms with Crippen LogP contribution in [0.25, 0.3) is 0 Å². The molecule has 1 atom stereocenters. The van der Waals surface area contributed by atoms with Crippen LogP contribution in [0.15, 0.2) is 35.6 Å². The average Bonchev–Trinajstić information content (AvgIpc) is 2.39. The molecule has 1 aliphatic carbocycles. The molecule has 0 heterocycles. The van der Waals surface area contributed by atoms with Crippen molar-refractivity contribution in [2.24, 2.45) is 5.73 Å². The van der Waals surface area contributed by atoms with Gasteiger partial charge in [0.15, 0.2) is 0 Å². The summed E-state index contributed by atoms with van der Waals surface area (Å²) >= 11 is 0. The molecule has 0 aromatic heterocycles. The van der Waals surface area contributed by atoms with Gasteiger partial charge in [0.25, 0.3) is 0 Å². The Labute approximate surface area is 109 Å². The number of nitrogens with two attached hydrogens (primary N) is 1. The summed E-state index contributed by atoms with van der Waals surface area (Å²) in [5, 5.41) is 2.80. The first kappa shape index (κ1) is 14.4. The van der Waals surface area contributed by atoms with Gasteiger partial charge < -0.3 is 15.8 Å². The molecule has 0 spiro atoms. The van der Waals surface area contributed by atoms with Crippen molar-refractivity contribution < 1.29 is 9.53 Å². The van der Waals surface area contributed by atoms with E-state index in [1.165, 1.54) is 0 Å². The minimum Gasteiger partial charge on any atom is -0.444 e. The van der Waals surface area contributed by atoms with Crippen LogP contribution >= 0.6 is 0 Å². The number of carbonyl (C=O) groups is 1. The topological polar surface area (TPSA) is 64.3 Å². The second kappa shape index (κ2) is 5.76. The molecule has 0 aromatic carbocycles. The fraction of sp³-hybridized carbons (Fsp3) is 0.500. The number of amides is 1. The van der Waals surface area contributed by atoms with Gasteiger partial charge >= 0.3 is 6.09 Å². The van der Waals surface area contributed by atoms with Crippen molar-refractivity contribution in [3.05, 3.63) is 35.6 Å². The highest BCUT2D eigenvalue weighted by atomic mass is 16.6. The van der Waals surface area contributed by atoms with E-state index >= 15 is 0 Å². The summed E-state index contributed by atoms with van der Waals surface area (Å²) in [6.07, 6.45) is 8.10. The first-order valence-corrected chi connectivity index (χ1v) is 6.11. The average molecular weight is 250 g/mol. The molecule has 0 aromatic rings. The summed E-state index contributed by atoms with van der Waals surface area (Å²) in [7, 11) is 0. The van der Waals surface area contributed by atoms with Gasteiger partial charge in [0.2, 0.25) is 0 Å². The Balaban J connectivity index is 2.56. The van der Waals surface area contributed by atoms with E-state index in [0.717, 1.165) is 17.7 Å². The van der Waals surface area contributed by atoms with Gasteiger partial charge in [-0.05, 0) is 45.8 Å². The lowest BCUT2D eigenvalue weighted by atomic mass is 10.1. The number of ether oxygens (including phenoxy) is 1. The summed E-state index contributed by atoms with van der Waals surface area (Å²) in [6, 6.07) is -0.101. The van der Waals surface area contributed by atoms with Gasteiger partial charge in [0, 0.05) is 5.70 Å². The maximum atomic E-state index is 11.6. The normalized spacial score (nSPS) is 17.3. The Bertz CT molecular complexity index is 401. The maximum absolute atomic E-state index is 11.6. The Morgan fingerprint density at radius 3 is 2.67 bits per heavy atom. The van der Waals surface area contributed by atoms with E-state index in [0.29, 0.717) is 0 Å². The third kappa shape index (κ3) is 5.08. The first-order chi connectivity index (χ1) is 8.28. The van der Waals surface area contributed by atoms with Crippen LogP contribution in [-0.2, 0) is 4.74 Å². The van der Waals surface area contributed by atoms with Crippen LogP contribution in [0.5, 0.6) is 0 Å². The minimum absolute atomic E-state index is 0.101. The van der Waals surface area contributed by atoms with Crippen molar-refractivity contribution in [1.29, 1.82) is 0 Å². The summed E-state index contributed by atoms with van der Waals surface area (Å²) in [5.41, 5.74) is 6.99. The van der Waals surface area contributed by atoms with E-state index in [-0.39, 0.29) is 6.04 Å². The van der Waals surface area contributed by atoms with Crippen LogP contribution in [0.1, 0.15) is 34.1 Å². The molecular weight excluding hydrogens is 228 g/mol. The molecule has 1 aliphatic rings. The van der Waals surface area contributed by atoms with Crippen LogP contribution < -0.4 is 11.1 Å². The van der Waals surface area contributed by atoms with Gasteiger partial charge in [-0.1, -0.05) is 18.2 Å². The van der Waals surface area contributed by atoms with Crippen LogP contribution in [0.3, 0.4) is 0 Å². The van der Waals surface area contributed by atoms with E-state index in [2.05, 4.69) is 5.32 Å². The Kier molecular flexibility index (Phi) is 4.59. The molecule has 0 bridgehead atoms. The van der Waals surface area contributed by atoms with Crippen molar-refractivity contribution in [2.75, 3.05) is 0 Å². The van der Waals surface area contributed by atoms with E-state index in [1.807, 2.05) is 52.0 Å². The zero-order chi connectivity index (χ0) is 13.8. The molecule has 0 aliphatic heterocycles. The molecule has 4 nitrogen and oxygen atoms in total. The van der Waals surface area contributed by atoms with E-state index in [1.54, 1.807) is 0 Å².